The van der Waals surface area contributed by atoms with E-state index in [9.17, 15) is 22.0 Å². The maximum Gasteiger partial charge on any atom is 0.434 e. The average Bonchev–Trinajstić information content (AvgIpc) is 2.85. The Balaban J connectivity index is 2.33. The highest BCUT2D eigenvalue weighted by Crippen LogP contribution is 2.37. The molecule has 5 nitrogen and oxygen atoms in total. The molecule has 3 rings (SSSR count). The van der Waals surface area contributed by atoms with Crippen LogP contribution in [0, 0.1) is 6.92 Å². The van der Waals surface area contributed by atoms with E-state index in [4.69, 9.17) is 17.3 Å². The van der Waals surface area contributed by atoms with Crippen molar-refractivity contribution in [3.8, 4) is 5.69 Å². The summed E-state index contributed by atoms with van der Waals surface area (Å²) in [5.74, 6) is -1.70. The zero-order valence-corrected chi connectivity index (χ0v) is 13.2. The van der Waals surface area contributed by atoms with E-state index in [1.54, 1.807) is 13.0 Å². The molecule has 0 spiro atoms. The van der Waals surface area contributed by atoms with Crippen LogP contribution in [0.4, 0.5) is 27.8 Å². The third-order valence-corrected chi connectivity index (χ3v) is 3.86. The highest BCUT2D eigenvalue weighted by Gasteiger charge is 2.38. The highest BCUT2D eigenvalue weighted by atomic mass is 35.5. The predicted octanol–water partition coefficient (Wildman–Crippen LogP) is 4.32. The molecule has 25 heavy (non-hydrogen) atoms. The summed E-state index contributed by atoms with van der Waals surface area (Å²) in [4.78, 5) is 6.32. The number of nitrogen functional groups attached to an aromatic ring is 1. The number of nitrogens with zero attached hydrogens (tertiary/aromatic N) is 4. The quantitative estimate of drug-likeness (QED) is 0.675. The summed E-state index contributed by atoms with van der Waals surface area (Å²) in [5, 5.41) is 3.51. The summed E-state index contributed by atoms with van der Waals surface area (Å²) in [5.41, 5.74) is 4.63. The van der Waals surface area contributed by atoms with Crippen molar-refractivity contribution >= 4 is 28.5 Å². The van der Waals surface area contributed by atoms with E-state index >= 15 is 0 Å². The first-order valence-corrected chi connectivity index (χ1v) is 7.15. The first kappa shape index (κ1) is 17.3. The molecule has 0 unspecified atom stereocenters. The zero-order chi connectivity index (χ0) is 18.5. The molecule has 0 radical (unpaired) electrons. The van der Waals surface area contributed by atoms with Crippen LogP contribution >= 0.6 is 11.6 Å². The van der Waals surface area contributed by atoms with Crippen LogP contribution in [-0.2, 0) is 6.18 Å². The molecule has 2 heterocycles. The van der Waals surface area contributed by atoms with Crippen molar-refractivity contribution in [1.29, 1.82) is 0 Å². The van der Waals surface area contributed by atoms with Crippen LogP contribution in [-0.4, -0.2) is 19.7 Å². The van der Waals surface area contributed by atoms with E-state index in [1.807, 2.05) is 0 Å². The molecule has 0 aliphatic heterocycles. The number of alkyl halides is 5. The van der Waals surface area contributed by atoms with Crippen LogP contribution in [0.15, 0.2) is 18.2 Å². The molecule has 0 aliphatic rings. The fourth-order valence-electron chi connectivity index (χ4n) is 2.24. The number of rotatable bonds is 2. The van der Waals surface area contributed by atoms with E-state index in [0.29, 0.717) is 5.02 Å². The lowest BCUT2D eigenvalue weighted by Gasteiger charge is -2.09. The van der Waals surface area contributed by atoms with Gasteiger partial charge in [-0.25, -0.2) is 23.4 Å². The maximum atomic E-state index is 13.2. The molecule has 0 atom stereocenters. The Kier molecular flexibility index (Phi) is 4.02. The fraction of sp³-hybridized carbons (Fsp3) is 0.214. The number of nitrogens with two attached hydrogens (primary N) is 1. The van der Waals surface area contributed by atoms with Gasteiger partial charge in [-0.05, 0) is 24.6 Å². The minimum Gasteiger partial charge on any atom is -0.383 e. The maximum absolute atomic E-state index is 13.2. The zero-order valence-electron chi connectivity index (χ0n) is 12.4. The van der Waals surface area contributed by atoms with E-state index in [-0.39, 0.29) is 5.69 Å². The minimum absolute atomic E-state index is 0.262. The van der Waals surface area contributed by atoms with Gasteiger partial charge in [-0.3, -0.25) is 0 Å². The molecule has 2 N–H and O–H groups in total. The molecule has 0 aliphatic carbocycles. The lowest BCUT2D eigenvalue weighted by Crippen LogP contribution is -2.12. The molecule has 1 aromatic carbocycles. The number of hydrogen-bond donors (Lipinski definition) is 1. The second-order valence-corrected chi connectivity index (χ2v) is 5.57. The number of fused-ring (bicyclic) bond motifs is 1. The van der Waals surface area contributed by atoms with Gasteiger partial charge in [0.25, 0.3) is 6.43 Å². The van der Waals surface area contributed by atoms with Gasteiger partial charge >= 0.3 is 6.18 Å². The van der Waals surface area contributed by atoms with Gasteiger partial charge in [0.2, 0.25) is 0 Å². The Morgan fingerprint density at radius 1 is 1.20 bits per heavy atom. The number of aromatic nitrogens is 4. The Bertz CT molecular complexity index is 966. The first-order valence-electron chi connectivity index (χ1n) is 6.77. The number of benzene rings is 1. The van der Waals surface area contributed by atoms with Crippen LogP contribution in [0.3, 0.4) is 0 Å². The van der Waals surface area contributed by atoms with Crippen LogP contribution in [0.5, 0.6) is 0 Å². The smallest absolute Gasteiger partial charge is 0.383 e. The average molecular weight is 378 g/mol. The van der Waals surface area contributed by atoms with Crippen molar-refractivity contribution in [2.75, 3.05) is 5.73 Å². The summed E-state index contributed by atoms with van der Waals surface area (Å²) in [6.07, 6.45) is -8.29. The monoisotopic (exact) mass is 377 g/mol. The molecule has 3 aromatic rings. The molecule has 11 heteroatoms. The van der Waals surface area contributed by atoms with Crippen molar-refractivity contribution in [2.45, 2.75) is 19.5 Å². The third-order valence-electron chi connectivity index (χ3n) is 3.45. The topological polar surface area (TPSA) is 69.6 Å². The van der Waals surface area contributed by atoms with Gasteiger partial charge in [-0.1, -0.05) is 17.7 Å². The molecule has 132 valence electrons. The number of anilines is 1. The molecule has 0 fully saturated rings. The summed E-state index contributed by atoms with van der Waals surface area (Å²) in [6.45, 7) is 1.73. The van der Waals surface area contributed by atoms with Gasteiger partial charge in [0.15, 0.2) is 17.2 Å². The van der Waals surface area contributed by atoms with E-state index < -0.39 is 41.0 Å². The number of aryl methyl sites for hydroxylation is 1. The van der Waals surface area contributed by atoms with Crippen molar-refractivity contribution in [3.63, 3.8) is 0 Å². The number of halogens is 6. The van der Waals surface area contributed by atoms with Crippen molar-refractivity contribution in [1.82, 2.24) is 19.7 Å². The molecular weight excluding hydrogens is 369 g/mol. The van der Waals surface area contributed by atoms with Gasteiger partial charge < -0.3 is 5.73 Å². The second kappa shape index (κ2) is 5.80. The molecular formula is C14H9ClF5N5. The number of hydrogen-bond acceptors (Lipinski definition) is 4. The van der Waals surface area contributed by atoms with Crippen LogP contribution in [0.2, 0.25) is 5.02 Å². The van der Waals surface area contributed by atoms with E-state index in [1.165, 1.54) is 12.1 Å². The molecule has 0 bridgehead atoms. The Labute approximate surface area is 142 Å². The van der Waals surface area contributed by atoms with Crippen LogP contribution in [0.1, 0.15) is 23.5 Å². The van der Waals surface area contributed by atoms with Crippen LogP contribution < -0.4 is 5.73 Å². The van der Waals surface area contributed by atoms with Gasteiger partial charge in [-0.2, -0.15) is 13.2 Å². The third kappa shape index (κ3) is 2.97. The minimum atomic E-state index is -5.00. The van der Waals surface area contributed by atoms with Crippen molar-refractivity contribution in [3.05, 3.63) is 40.3 Å². The highest BCUT2D eigenvalue weighted by molar-refractivity contribution is 6.31. The van der Waals surface area contributed by atoms with E-state index in [0.717, 1.165) is 10.2 Å². The fourth-order valence-corrected chi connectivity index (χ4v) is 2.42. The Morgan fingerprint density at radius 3 is 2.44 bits per heavy atom. The summed E-state index contributed by atoms with van der Waals surface area (Å²) in [6, 6.07) is 4.58. The van der Waals surface area contributed by atoms with Gasteiger partial charge in [0.1, 0.15) is 5.82 Å². The largest absolute Gasteiger partial charge is 0.434 e. The summed E-state index contributed by atoms with van der Waals surface area (Å²) in [7, 11) is 0. The summed E-state index contributed by atoms with van der Waals surface area (Å²) < 4.78 is 66.2. The molecule has 0 saturated carbocycles. The Morgan fingerprint density at radius 2 is 1.88 bits per heavy atom. The van der Waals surface area contributed by atoms with Crippen molar-refractivity contribution in [2.24, 2.45) is 0 Å². The lowest BCUT2D eigenvalue weighted by atomic mass is 10.2. The van der Waals surface area contributed by atoms with Gasteiger partial charge in [0, 0.05) is 5.02 Å². The molecule has 0 amide bonds. The molecule has 0 saturated heterocycles. The Hall–Kier alpha value is -2.49. The normalized spacial score (nSPS) is 12.3. The van der Waals surface area contributed by atoms with Gasteiger partial charge in [0.05, 0.1) is 11.1 Å². The predicted molar refractivity (Wildman–Crippen MR) is 80.8 cm³/mol. The van der Waals surface area contributed by atoms with Crippen LogP contribution in [0.25, 0.3) is 16.7 Å². The van der Waals surface area contributed by atoms with Crippen molar-refractivity contribution < 1.29 is 22.0 Å². The lowest BCUT2D eigenvalue weighted by molar-refractivity contribution is -0.140. The summed E-state index contributed by atoms with van der Waals surface area (Å²) >= 11 is 6.00. The molecule has 2 aromatic heterocycles. The SMILES string of the molecule is Cc1ccc(-n2nc3nc(C(F)F)nc(C(F)(F)F)c3c2N)cc1Cl. The van der Waals surface area contributed by atoms with E-state index in [2.05, 4.69) is 15.1 Å². The standard InChI is InChI=1S/C14H9ClF5N5/c1-5-2-3-6(4-7(5)15)25-11(21)8-9(14(18,19)20)22-13(10(16)17)23-12(8)24-25/h2-4,10H,21H2,1H3. The first-order chi connectivity index (χ1) is 11.6. The van der Waals surface area contributed by atoms with Gasteiger partial charge in [-0.15, -0.1) is 5.10 Å². The second-order valence-electron chi connectivity index (χ2n) is 5.16.